The molecule has 2 atom stereocenters. The summed E-state index contributed by atoms with van der Waals surface area (Å²) in [5, 5.41) is 0. The van der Waals surface area contributed by atoms with Crippen LogP contribution in [0.5, 0.6) is 0 Å². The van der Waals surface area contributed by atoms with Crippen LogP contribution in [0.1, 0.15) is 26.7 Å². The zero-order chi connectivity index (χ0) is 7.19. The Morgan fingerprint density at radius 3 is 2.70 bits per heavy atom. The molecule has 58 valence electrons. The van der Waals surface area contributed by atoms with Gasteiger partial charge in [0.05, 0.1) is 0 Å². The third-order valence-electron chi connectivity index (χ3n) is 3.53. The first-order chi connectivity index (χ1) is 4.80. The topological polar surface area (TPSA) is 3.24 Å². The monoisotopic (exact) mass is 139 g/mol. The van der Waals surface area contributed by atoms with Crippen LogP contribution in [0.3, 0.4) is 0 Å². The van der Waals surface area contributed by atoms with Crippen LogP contribution < -0.4 is 0 Å². The number of fused-ring (bicyclic) bond motifs is 1. The van der Waals surface area contributed by atoms with E-state index in [4.69, 9.17) is 0 Å². The fourth-order valence-electron chi connectivity index (χ4n) is 2.49. The molecule has 0 spiro atoms. The smallest absolute Gasteiger partial charge is 0.00411 e. The minimum Gasteiger partial charge on any atom is -0.303 e. The summed E-state index contributed by atoms with van der Waals surface area (Å²) in [6.45, 7) is 8.67. The molecule has 1 aliphatic heterocycles. The average molecular weight is 139 g/mol. The minimum absolute atomic E-state index is 0.802. The van der Waals surface area contributed by atoms with Crippen LogP contribution >= 0.6 is 0 Å². The van der Waals surface area contributed by atoms with Crippen LogP contribution in [0, 0.1) is 11.3 Å². The van der Waals surface area contributed by atoms with Gasteiger partial charge in [-0.2, -0.15) is 0 Å². The standard InChI is InChI=1S/C9H17N/c1-3-9-5-8(9)6-10(4-2)7-9/h8H,3-7H2,1-2H3. The van der Waals surface area contributed by atoms with Gasteiger partial charge in [-0.1, -0.05) is 13.8 Å². The number of piperidine rings is 1. The van der Waals surface area contributed by atoms with Crippen molar-refractivity contribution in [3.05, 3.63) is 0 Å². The van der Waals surface area contributed by atoms with Crippen LogP contribution in [-0.4, -0.2) is 24.5 Å². The molecule has 1 saturated carbocycles. The van der Waals surface area contributed by atoms with E-state index in [1.165, 1.54) is 32.5 Å². The van der Waals surface area contributed by atoms with E-state index in [1.54, 1.807) is 0 Å². The molecule has 0 amide bonds. The van der Waals surface area contributed by atoms with E-state index in [0.717, 1.165) is 11.3 Å². The Morgan fingerprint density at radius 2 is 2.30 bits per heavy atom. The van der Waals surface area contributed by atoms with Crippen molar-refractivity contribution in [1.29, 1.82) is 0 Å². The molecule has 0 N–H and O–H groups in total. The van der Waals surface area contributed by atoms with E-state index in [9.17, 15) is 0 Å². The fourth-order valence-corrected chi connectivity index (χ4v) is 2.49. The van der Waals surface area contributed by atoms with E-state index < -0.39 is 0 Å². The second-order valence-corrected chi connectivity index (χ2v) is 3.94. The average Bonchev–Trinajstić information content (AvgIpc) is 2.55. The molecule has 2 rings (SSSR count). The minimum atomic E-state index is 0.802. The quantitative estimate of drug-likeness (QED) is 0.563. The van der Waals surface area contributed by atoms with Crippen molar-refractivity contribution in [1.82, 2.24) is 4.90 Å². The molecule has 2 unspecified atom stereocenters. The Labute approximate surface area is 63.4 Å². The van der Waals surface area contributed by atoms with E-state index in [0.29, 0.717) is 0 Å². The highest BCUT2D eigenvalue weighted by atomic mass is 15.2. The summed E-state index contributed by atoms with van der Waals surface area (Å²) in [7, 11) is 0. The first-order valence-corrected chi connectivity index (χ1v) is 4.53. The number of likely N-dealkylation sites (tertiary alicyclic amines) is 1. The highest BCUT2D eigenvalue weighted by Crippen LogP contribution is 2.59. The summed E-state index contributed by atoms with van der Waals surface area (Å²) in [4.78, 5) is 2.59. The lowest BCUT2D eigenvalue weighted by molar-refractivity contribution is 0.291. The van der Waals surface area contributed by atoms with Crippen molar-refractivity contribution >= 4 is 0 Å². The van der Waals surface area contributed by atoms with E-state index in [1.807, 2.05) is 0 Å². The summed E-state index contributed by atoms with van der Waals surface area (Å²) < 4.78 is 0. The van der Waals surface area contributed by atoms with Crippen molar-refractivity contribution in [2.75, 3.05) is 19.6 Å². The Morgan fingerprint density at radius 1 is 1.50 bits per heavy atom. The zero-order valence-electron chi connectivity index (χ0n) is 7.06. The largest absolute Gasteiger partial charge is 0.303 e. The Kier molecular flexibility index (Phi) is 1.31. The summed E-state index contributed by atoms with van der Waals surface area (Å²) in [6, 6.07) is 0. The van der Waals surface area contributed by atoms with Gasteiger partial charge in [0.1, 0.15) is 0 Å². The fraction of sp³-hybridized carbons (Fsp3) is 1.00. The van der Waals surface area contributed by atoms with Gasteiger partial charge in [0.25, 0.3) is 0 Å². The zero-order valence-corrected chi connectivity index (χ0v) is 7.06. The van der Waals surface area contributed by atoms with Gasteiger partial charge in [0.2, 0.25) is 0 Å². The number of hydrogen-bond donors (Lipinski definition) is 0. The Bertz CT molecular complexity index is 140. The van der Waals surface area contributed by atoms with Gasteiger partial charge >= 0.3 is 0 Å². The van der Waals surface area contributed by atoms with Crippen molar-refractivity contribution in [2.24, 2.45) is 11.3 Å². The predicted molar refractivity (Wildman–Crippen MR) is 42.9 cm³/mol. The van der Waals surface area contributed by atoms with Crippen LogP contribution in [0.2, 0.25) is 0 Å². The van der Waals surface area contributed by atoms with Crippen molar-refractivity contribution in [3.8, 4) is 0 Å². The third-order valence-corrected chi connectivity index (χ3v) is 3.53. The Balaban J connectivity index is 1.97. The molecule has 1 nitrogen and oxygen atoms in total. The molecule has 0 aromatic rings. The molecule has 10 heavy (non-hydrogen) atoms. The molecule has 0 radical (unpaired) electrons. The van der Waals surface area contributed by atoms with Gasteiger partial charge in [-0.25, -0.2) is 0 Å². The summed E-state index contributed by atoms with van der Waals surface area (Å²) >= 11 is 0. The second-order valence-electron chi connectivity index (χ2n) is 3.94. The third kappa shape index (κ3) is 0.731. The van der Waals surface area contributed by atoms with Crippen LogP contribution in [0.4, 0.5) is 0 Å². The van der Waals surface area contributed by atoms with Gasteiger partial charge in [-0.15, -0.1) is 0 Å². The molecule has 1 heterocycles. The highest BCUT2D eigenvalue weighted by Gasteiger charge is 2.57. The number of rotatable bonds is 2. The van der Waals surface area contributed by atoms with Crippen molar-refractivity contribution in [3.63, 3.8) is 0 Å². The highest BCUT2D eigenvalue weighted by molar-refractivity contribution is 5.09. The van der Waals surface area contributed by atoms with Gasteiger partial charge in [0.15, 0.2) is 0 Å². The molecule has 1 saturated heterocycles. The summed E-state index contributed by atoms with van der Waals surface area (Å²) in [5.41, 5.74) is 0.802. The van der Waals surface area contributed by atoms with Gasteiger partial charge in [-0.05, 0) is 30.7 Å². The lowest BCUT2D eigenvalue weighted by Gasteiger charge is -2.17. The normalized spacial score (nSPS) is 45.6. The maximum Gasteiger partial charge on any atom is 0.00411 e. The molecular weight excluding hydrogens is 122 g/mol. The summed E-state index contributed by atoms with van der Waals surface area (Å²) in [5.74, 6) is 1.08. The maximum absolute atomic E-state index is 2.59. The van der Waals surface area contributed by atoms with E-state index in [-0.39, 0.29) is 0 Å². The van der Waals surface area contributed by atoms with Crippen LogP contribution in [0.15, 0.2) is 0 Å². The maximum atomic E-state index is 2.59. The van der Waals surface area contributed by atoms with Gasteiger partial charge in [-0.3, -0.25) is 0 Å². The predicted octanol–water partition coefficient (Wildman–Crippen LogP) is 1.74. The summed E-state index contributed by atoms with van der Waals surface area (Å²) in [6.07, 6.45) is 2.94. The molecule has 0 bridgehead atoms. The molecule has 1 aliphatic carbocycles. The molecular formula is C9H17N. The van der Waals surface area contributed by atoms with Gasteiger partial charge in [0, 0.05) is 13.1 Å². The SMILES string of the molecule is CCN1CC2CC2(CC)C1. The number of nitrogens with zero attached hydrogens (tertiary/aromatic N) is 1. The number of hydrogen-bond acceptors (Lipinski definition) is 1. The first kappa shape index (κ1) is 6.66. The molecule has 2 fully saturated rings. The van der Waals surface area contributed by atoms with Crippen molar-refractivity contribution in [2.45, 2.75) is 26.7 Å². The van der Waals surface area contributed by atoms with E-state index >= 15 is 0 Å². The molecule has 2 aliphatic rings. The second kappa shape index (κ2) is 1.97. The lowest BCUT2D eigenvalue weighted by Crippen LogP contribution is -2.24. The first-order valence-electron chi connectivity index (χ1n) is 4.53. The lowest BCUT2D eigenvalue weighted by atomic mass is 10.0. The Hall–Kier alpha value is -0.0400. The van der Waals surface area contributed by atoms with Gasteiger partial charge < -0.3 is 4.90 Å². The molecule has 1 heteroatoms. The molecule has 0 aromatic carbocycles. The van der Waals surface area contributed by atoms with Crippen LogP contribution in [-0.2, 0) is 0 Å². The van der Waals surface area contributed by atoms with Crippen molar-refractivity contribution < 1.29 is 0 Å². The van der Waals surface area contributed by atoms with E-state index in [2.05, 4.69) is 18.7 Å². The van der Waals surface area contributed by atoms with Crippen LogP contribution in [0.25, 0.3) is 0 Å². The molecule has 0 aromatic heterocycles.